The second-order valence-corrected chi connectivity index (χ2v) is 15.1. The van der Waals surface area contributed by atoms with Crippen LogP contribution in [0.3, 0.4) is 0 Å². The number of halogens is 1. The van der Waals surface area contributed by atoms with Crippen molar-refractivity contribution in [2.45, 2.75) is 63.1 Å². The Morgan fingerprint density at radius 1 is 1.09 bits per heavy atom. The number of hydrogen-bond acceptors (Lipinski definition) is 7. The topological polar surface area (TPSA) is 97.8 Å². The van der Waals surface area contributed by atoms with E-state index >= 15 is 0 Å². The number of hydrogen-bond donors (Lipinski definition) is 1. The minimum atomic E-state index is -0.536. The summed E-state index contributed by atoms with van der Waals surface area (Å²) in [6.07, 6.45) is 3.86. The first-order valence-electron chi connectivity index (χ1n) is 16.0. The molecule has 2 amide bonds. The lowest BCUT2D eigenvalue weighted by Crippen LogP contribution is -2.45. The maximum Gasteiger partial charge on any atom is 0.327 e. The van der Waals surface area contributed by atoms with Gasteiger partial charge in [0.05, 0.1) is 10.8 Å². The molecule has 0 radical (unpaired) electrons. The summed E-state index contributed by atoms with van der Waals surface area (Å²) < 4.78 is 16.6. The number of piperidine rings is 1. The summed E-state index contributed by atoms with van der Waals surface area (Å²) in [6, 6.07) is 8.61. The van der Waals surface area contributed by atoms with Crippen LogP contribution in [0.15, 0.2) is 41.3 Å². The Morgan fingerprint density at radius 3 is 2.53 bits per heavy atom. The zero-order chi connectivity index (χ0) is 31.9. The van der Waals surface area contributed by atoms with E-state index in [9.17, 15) is 18.8 Å². The fourth-order valence-electron chi connectivity index (χ4n) is 6.69. The van der Waals surface area contributed by atoms with Crippen LogP contribution in [0.4, 0.5) is 10.1 Å². The fraction of sp³-hybridized carbons (Fsp3) is 0.576. The molecule has 2 aromatic heterocycles. The average molecular weight is 642 g/mol. The largest absolute Gasteiger partial charge is 0.369 e. The molecule has 1 N–H and O–H groups in total. The third-order valence-corrected chi connectivity index (χ3v) is 10.8. The molecule has 45 heavy (non-hydrogen) atoms. The Bertz CT molecular complexity index is 1610. The highest BCUT2D eigenvalue weighted by molar-refractivity contribution is 8.01. The molecule has 5 heterocycles. The van der Waals surface area contributed by atoms with Crippen molar-refractivity contribution >= 4 is 40.4 Å². The summed E-state index contributed by atoms with van der Waals surface area (Å²) in [5.41, 5.74) is 2.94. The first kappa shape index (κ1) is 31.6. The number of rotatable bonds is 7. The number of H-pyrrole nitrogens is 1. The van der Waals surface area contributed by atoms with Gasteiger partial charge in [0, 0.05) is 78.6 Å². The molecule has 3 aliphatic heterocycles. The van der Waals surface area contributed by atoms with Crippen molar-refractivity contribution in [2.75, 3.05) is 57.8 Å². The molecule has 1 aromatic carbocycles. The van der Waals surface area contributed by atoms with Crippen molar-refractivity contribution in [1.29, 1.82) is 0 Å². The van der Waals surface area contributed by atoms with Gasteiger partial charge in [0.2, 0.25) is 11.8 Å². The molecule has 0 spiro atoms. The van der Waals surface area contributed by atoms with Crippen molar-refractivity contribution in [3.05, 3.63) is 58.4 Å². The zero-order valence-electron chi connectivity index (χ0n) is 26.7. The number of likely N-dealkylation sites (N-methyl/N-ethyl adjacent to an activating group) is 1. The van der Waals surface area contributed by atoms with Crippen molar-refractivity contribution < 1.29 is 16.8 Å². The first-order valence-corrected chi connectivity index (χ1v) is 16.9. The third kappa shape index (κ3) is 6.77. The molecule has 3 saturated heterocycles. The zero-order valence-corrected chi connectivity index (χ0v) is 27.5. The number of benzene rings is 1. The Hall–Kier alpha value is -3.38. The van der Waals surface area contributed by atoms with Gasteiger partial charge in [-0.05, 0) is 62.1 Å². The van der Waals surface area contributed by atoms with Gasteiger partial charge in [-0.1, -0.05) is 20.8 Å². The molecule has 6 rings (SSSR count). The number of anilines is 1. The molecule has 12 heteroatoms. The molecule has 0 aliphatic carbocycles. The predicted octanol–water partition coefficient (Wildman–Crippen LogP) is 4.74. The predicted molar refractivity (Wildman–Crippen MR) is 180 cm³/mol. The van der Waals surface area contributed by atoms with Gasteiger partial charge in [0.15, 0.2) is 5.65 Å². The lowest BCUT2D eigenvalue weighted by molar-refractivity contribution is -0.136. The quantitative estimate of drug-likeness (QED) is 0.398. The van der Waals surface area contributed by atoms with Gasteiger partial charge < -0.3 is 19.6 Å². The van der Waals surface area contributed by atoms with E-state index in [1.165, 1.54) is 17.8 Å². The summed E-state index contributed by atoms with van der Waals surface area (Å²) in [5, 5.41) is -0.901. The van der Waals surface area contributed by atoms with Gasteiger partial charge in [0.25, 0.3) is 0 Å². The Balaban J connectivity index is 0.00000250. The van der Waals surface area contributed by atoms with E-state index in [0.717, 1.165) is 49.4 Å². The van der Waals surface area contributed by atoms with Crippen LogP contribution in [0.1, 0.15) is 66.3 Å². The SMILES string of the molecule is CN1CCN(c2ccc(F)cc2[C@@H]2S[C@@H](CC(=O)N3CCC(n4c(=O)[nH]c5ncccc54)CC3)C(=O)N2CCC(C)(C)C)CC1.[HH].[HH]. The van der Waals surface area contributed by atoms with Crippen molar-refractivity contribution in [1.82, 2.24) is 29.2 Å². The van der Waals surface area contributed by atoms with Gasteiger partial charge in [-0.2, -0.15) is 0 Å². The number of aromatic amines is 1. The van der Waals surface area contributed by atoms with Crippen LogP contribution in [0.2, 0.25) is 0 Å². The van der Waals surface area contributed by atoms with E-state index in [2.05, 4.69) is 47.6 Å². The Labute approximate surface area is 270 Å². The molecule has 10 nitrogen and oxygen atoms in total. The lowest BCUT2D eigenvalue weighted by atomic mass is 9.92. The molecule has 3 aliphatic rings. The smallest absolute Gasteiger partial charge is 0.327 e. The number of thioether (sulfide) groups is 1. The number of carbonyl (C=O) groups is 2. The van der Waals surface area contributed by atoms with Gasteiger partial charge in [-0.15, -0.1) is 11.8 Å². The molecular weight excluding hydrogens is 593 g/mol. The van der Waals surface area contributed by atoms with E-state index in [0.29, 0.717) is 38.1 Å². The summed E-state index contributed by atoms with van der Waals surface area (Å²) >= 11 is 1.48. The number of aromatic nitrogens is 3. The Morgan fingerprint density at radius 2 is 1.82 bits per heavy atom. The average Bonchev–Trinajstić information content (AvgIpc) is 3.51. The molecule has 3 fully saturated rings. The van der Waals surface area contributed by atoms with Gasteiger partial charge in [-0.25, -0.2) is 14.2 Å². The van der Waals surface area contributed by atoms with Gasteiger partial charge in [0.1, 0.15) is 11.2 Å². The molecule has 2 atom stereocenters. The highest BCUT2D eigenvalue weighted by atomic mass is 32.2. The monoisotopic (exact) mass is 641 g/mol. The number of amides is 2. The molecule has 0 bridgehead atoms. The minimum absolute atomic E-state index is 0. The van der Waals surface area contributed by atoms with E-state index in [1.54, 1.807) is 16.8 Å². The number of nitrogens with one attached hydrogen (secondary N) is 1. The van der Waals surface area contributed by atoms with Crippen molar-refractivity contribution in [3.8, 4) is 0 Å². The van der Waals surface area contributed by atoms with Crippen molar-refractivity contribution in [3.63, 3.8) is 0 Å². The van der Waals surface area contributed by atoms with E-state index in [-0.39, 0.29) is 49.4 Å². The summed E-state index contributed by atoms with van der Waals surface area (Å²) in [6.45, 7) is 11.5. The van der Waals surface area contributed by atoms with E-state index in [4.69, 9.17) is 0 Å². The van der Waals surface area contributed by atoms with Gasteiger partial charge >= 0.3 is 5.69 Å². The maximum absolute atomic E-state index is 14.8. The maximum atomic E-state index is 14.8. The summed E-state index contributed by atoms with van der Waals surface area (Å²) in [7, 11) is 2.10. The number of nitrogens with zero attached hydrogens (tertiary/aromatic N) is 6. The van der Waals surface area contributed by atoms with E-state index in [1.807, 2.05) is 28.0 Å². The van der Waals surface area contributed by atoms with Crippen LogP contribution in [0.25, 0.3) is 11.2 Å². The van der Waals surface area contributed by atoms with Crippen LogP contribution in [-0.4, -0.2) is 99.2 Å². The van der Waals surface area contributed by atoms with E-state index < -0.39 is 5.25 Å². The molecule has 246 valence electrons. The molecule has 0 saturated carbocycles. The number of carbonyl (C=O) groups excluding carboxylic acids is 2. The highest BCUT2D eigenvalue weighted by Crippen LogP contribution is 2.48. The molecule has 0 unspecified atom stereocenters. The number of imidazole rings is 1. The number of fused-ring (bicyclic) bond motifs is 1. The van der Waals surface area contributed by atoms with Crippen molar-refractivity contribution in [2.24, 2.45) is 5.41 Å². The minimum Gasteiger partial charge on any atom is -0.369 e. The van der Waals surface area contributed by atoms with Crippen LogP contribution >= 0.6 is 11.8 Å². The second kappa shape index (κ2) is 12.8. The number of pyridine rings is 1. The normalized spacial score (nSPS) is 22.2. The molecular formula is C33H48FN7O3S. The molecule has 3 aromatic rings. The van der Waals surface area contributed by atoms with Crippen LogP contribution < -0.4 is 10.6 Å². The summed E-state index contributed by atoms with van der Waals surface area (Å²) in [5.74, 6) is -0.426. The standard InChI is InChI=1S/C33H44FN7O3S.2H2/c1-33(2,3)11-15-40-30(43)27(45-31(40)24-20-22(34)7-8-25(24)38-18-16-37(4)17-19-38)21-28(42)39-13-9-23(10-14-39)41-26-6-5-12-35-29(26)36-32(41)44;;/h5-8,12,20,23,27,31H,9-11,13-19,21H2,1-4H3,(H,35,36,44);2*1H/t27-,31-;;/m0../s1. The highest BCUT2D eigenvalue weighted by Gasteiger charge is 2.44. The lowest BCUT2D eigenvalue weighted by Gasteiger charge is -2.37. The van der Waals surface area contributed by atoms with Crippen LogP contribution in [0.5, 0.6) is 0 Å². The number of likely N-dealkylation sites (tertiary alicyclic amines) is 1. The van der Waals surface area contributed by atoms with Crippen LogP contribution in [0, 0.1) is 11.2 Å². The van der Waals surface area contributed by atoms with Crippen LogP contribution in [-0.2, 0) is 9.59 Å². The number of piperazine rings is 1. The Kier molecular flexibility index (Phi) is 8.98. The fourth-order valence-corrected chi connectivity index (χ4v) is 8.18. The third-order valence-electron chi connectivity index (χ3n) is 9.37. The van der Waals surface area contributed by atoms with Gasteiger partial charge in [-0.3, -0.25) is 19.1 Å². The second-order valence-electron chi connectivity index (χ2n) is 13.8. The summed E-state index contributed by atoms with van der Waals surface area (Å²) in [4.78, 5) is 55.7. The first-order chi connectivity index (χ1) is 21.5.